The van der Waals surface area contributed by atoms with E-state index in [1.54, 1.807) is 19.1 Å². The lowest BCUT2D eigenvalue weighted by Gasteiger charge is -2.04. The highest BCUT2D eigenvalue weighted by atomic mass is 19.1. The van der Waals surface area contributed by atoms with Gasteiger partial charge in [-0.2, -0.15) is 0 Å². The van der Waals surface area contributed by atoms with E-state index in [4.69, 9.17) is 5.11 Å². The quantitative estimate of drug-likeness (QED) is 0.878. The Kier molecular flexibility index (Phi) is 2.86. The number of aryl methyl sites for hydroxylation is 1. The fraction of sp³-hybridized carbons (Fsp3) is 0.182. The summed E-state index contributed by atoms with van der Waals surface area (Å²) in [6, 6.07) is 6.02. The first kappa shape index (κ1) is 11.3. The topological polar surface area (TPSA) is 68.0 Å². The second kappa shape index (κ2) is 4.32. The van der Waals surface area contributed by atoms with Gasteiger partial charge in [-0.1, -0.05) is 19.1 Å². The van der Waals surface area contributed by atoms with Crippen LogP contribution in [0.2, 0.25) is 0 Å². The Morgan fingerprint density at radius 1 is 1.47 bits per heavy atom. The molecule has 88 valence electrons. The van der Waals surface area contributed by atoms with Crippen LogP contribution >= 0.6 is 0 Å². The zero-order valence-corrected chi connectivity index (χ0v) is 9.09. The maximum absolute atomic E-state index is 13.6. The number of aromatic carboxylic acids is 1. The number of aromatic nitrogens is 3. The van der Waals surface area contributed by atoms with Crippen molar-refractivity contribution in [3.8, 4) is 5.69 Å². The van der Waals surface area contributed by atoms with Crippen LogP contribution in [0.15, 0.2) is 24.3 Å². The molecule has 0 spiro atoms. The van der Waals surface area contributed by atoms with Gasteiger partial charge in [0.2, 0.25) is 0 Å². The number of halogens is 1. The smallest absolute Gasteiger partial charge is 0.375 e. The SMILES string of the molecule is CCc1nc(C(=O)O)nn1-c1ccccc1F. The van der Waals surface area contributed by atoms with Crippen LogP contribution in [0.1, 0.15) is 23.4 Å². The largest absolute Gasteiger partial charge is 0.475 e. The van der Waals surface area contributed by atoms with Crippen LogP contribution < -0.4 is 0 Å². The van der Waals surface area contributed by atoms with Gasteiger partial charge in [-0.15, -0.1) is 5.10 Å². The second-order valence-electron chi connectivity index (χ2n) is 3.37. The molecule has 1 N–H and O–H groups in total. The van der Waals surface area contributed by atoms with Crippen LogP contribution in [-0.4, -0.2) is 25.8 Å². The summed E-state index contributed by atoms with van der Waals surface area (Å²) >= 11 is 0. The highest BCUT2D eigenvalue weighted by molar-refractivity contribution is 5.83. The van der Waals surface area contributed by atoms with Gasteiger partial charge >= 0.3 is 5.97 Å². The van der Waals surface area contributed by atoms with Gasteiger partial charge in [0.15, 0.2) is 0 Å². The standard InChI is InChI=1S/C11H10FN3O2/c1-2-9-13-10(11(16)17)14-15(9)8-6-4-3-5-7(8)12/h3-6H,2H2,1H3,(H,16,17). The molecule has 17 heavy (non-hydrogen) atoms. The molecule has 0 unspecified atom stereocenters. The molecule has 0 bridgehead atoms. The summed E-state index contributed by atoms with van der Waals surface area (Å²) in [5.74, 6) is -1.61. The molecule has 6 heteroatoms. The Morgan fingerprint density at radius 2 is 2.18 bits per heavy atom. The second-order valence-corrected chi connectivity index (χ2v) is 3.37. The Hall–Kier alpha value is -2.24. The zero-order chi connectivity index (χ0) is 12.4. The molecule has 1 heterocycles. The van der Waals surface area contributed by atoms with E-state index in [0.717, 1.165) is 0 Å². The molecule has 1 aromatic carbocycles. The molecule has 0 aliphatic heterocycles. The van der Waals surface area contributed by atoms with E-state index in [2.05, 4.69) is 10.1 Å². The number of nitrogens with zero attached hydrogens (tertiary/aromatic N) is 3. The molecule has 0 amide bonds. The Bertz CT molecular complexity index is 566. The molecular weight excluding hydrogens is 225 g/mol. The third kappa shape index (κ3) is 2.01. The molecule has 0 saturated carbocycles. The summed E-state index contributed by atoms with van der Waals surface area (Å²) in [5, 5.41) is 12.6. The molecule has 0 aliphatic carbocycles. The van der Waals surface area contributed by atoms with E-state index in [1.165, 1.54) is 16.8 Å². The molecule has 0 fully saturated rings. The number of rotatable bonds is 3. The molecule has 0 saturated heterocycles. The first-order valence-corrected chi connectivity index (χ1v) is 5.07. The number of carboxylic acid groups (broad SMARTS) is 1. The Morgan fingerprint density at radius 3 is 2.76 bits per heavy atom. The van der Waals surface area contributed by atoms with E-state index < -0.39 is 11.8 Å². The summed E-state index contributed by atoms with van der Waals surface area (Å²) in [4.78, 5) is 14.6. The predicted molar refractivity (Wildman–Crippen MR) is 57.7 cm³/mol. The van der Waals surface area contributed by atoms with Gasteiger partial charge in [0.25, 0.3) is 5.82 Å². The number of benzene rings is 1. The van der Waals surface area contributed by atoms with Crippen molar-refractivity contribution < 1.29 is 14.3 Å². The number of para-hydroxylation sites is 1. The molecule has 0 aliphatic rings. The molecule has 2 rings (SSSR count). The molecule has 5 nitrogen and oxygen atoms in total. The van der Waals surface area contributed by atoms with Gasteiger partial charge in [-0.3, -0.25) is 0 Å². The Balaban J connectivity index is 2.59. The van der Waals surface area contributed by atoms with Gasteiger partial charge in [-0.05, 0) is 12.1 Å². The van der Waals surface area contributed by atoms with Crippen LogP contribution in [0, 0.1) is 5.82 Å². The molecule has 0 radical (unpaired) electrons. The third-order valence-electron chi connectivity index (χ3n) is 2.26. The van der Waals surface area contributed by atoms with Crippen LogP contribution in [0.4, 0.5) is 4.39 Å². The van der Waals surface area contributed by atoms with Crippen LogP contribution in [0.3, 0.4) is 0 Å². The van der Waals surface area contributed by atoms with Crippen molar-refractivity contribution in [1.82, 2.24) is 14.8 Å². The van der Waals surface area contributed by atoms with E-state index in [0.29, 0.717) is 12.2 Å². The molecule has 1 aromatic heterocycles. The van der Waals surface area contributed by atoms with Gasteiger partial charge in [-0.25, -0.2) is 18.9 Å². The molecular formula is C11H10FN3O2. The minimum Gasteiger partial charge on any atom is -0.475 e. The van der Waals surface area contributed by atoms with Crippen molar-refractivity contribution in [2.75, 3.05) is 0 Å². The third-order valence-corrected chi connectivity index (χ3v) is 2.26. The van der Waals surface area contributed by atoms with Crippen molar-refractivity contribution in [3.63, 3.8) is 0 Å². The lowest BCUT2D eigenvalue weighted by atomic mass is 10.3. The van der Waals surface area contributed by atoms with Gasteiger partial charge in [0.05, 0.1) is 0 Å². The first-order valence-electron chi connectivity index (χ1n) is 5.07. The number of carboxylic acids is 1. The van der Waals surface area contributed by atoms with E-state index >= 15 is 0 Å². The fourth-order valence-electron chi connectivity index (χ4n) is 1.48. The van der Waals surface area contributed by atoms with Gasteiger partial charge in [0, 0.05) is 6.42 Å². The van der Waals surface area contributed by atoms with Crippen molar-refractivity contribution in [1.29, 1.82) is 0 Å². The fourth-order valence-corrected chi connectivity index (χ4v) is 1.48. The van der Waals surface area contributed by atoms with E-state index in [-0.39, 0.29) is 11.5 Å². The number of carbonyl (C=O) groups is 1. The number of hydrogen-bond acceptors (Lipinski definition) is 3. The highest BCUT2D eigenvalue weighted by Gasteiger charge is 2.16. The predicted octanol–water partition coefficient (Wildman–Crippen LogP) is 1.67. The van der Waals surface area contributed by atoms with Crippen LogP contribution in [-0.2, 0) is 6.42 Å². The molecule has 0 atom stereocenters. The van der Waals surface area contributed by atoms with Gasteiger partial charge < -0.3 is 5.11 Å². The average Bonchev–Trinajstić information content (AvgIpc) is 2.73. The maximum atomic E-state index is 13.6. The van der Waals surface area contributed by atoms with Crippen LogP contribution in [0.5, 0.6) is 0 Å². The maximum Gasteiger partial charge on any atom is 0.375 e. The monoisotopic (exact) mass is 235 g/mol. The van der Waals surface area contributed by atoms with Crippen molar-refractivity contribution in [3.05, 3.63) is 41.7 Å². The Labute approximate surface area is 96.5 Å². The van der Waals surface area contributed by atoms with Crippen molar-refractivity contribution in [2.24, 2.45) is 0 Å². The lowest BCUT2D eigenvalue weighted by molar-refractivity contribution is 0.0683. The summed E-state index contributed by atoms with van der Waals surface area (Å²) < 4.78 is 14.8. The van der Waals surface area contributed by atoms with Crippen molar-refractivity contribution >= 4 is 5.97 Å². The minimum absolute atomic E-state index is 0.198. The van der Waals surface area contributed by atoms with Gasteiger partial charge in [0.1, 0.15) is 17.3 Å². The first-order chi connectivity index (χ1) is 8.13. The lowest BCUT2D eigenvalue weighted by Crippen LogP contribution is -2.05. The number of hydrogen-bond donors (Lipinski definition) is 1. The zero-order valence-electron chi connectivity index (χ0n) is 9.09. The normalized spacial score (nSPS) is 10.5. The summed E-state index contributed by atoms with van der Waals surface area (Å²) in [6.45, 7) is 1.80. The summed E-state index contributed by atoms with van der Waals surface area (Å²) in [6.07, 6.45) is 0.467. The average molecular weight is 235 g/mol. The minimum atomic E-state index is -1.23. The van der Waals surface area contributed by atoms with Crippen molar-refractivity contribution in [2.45, 2.75) is 13.3 Å². The van der Waals surface area contributed by atoms with Crippen LogP contribution in [0.25, 0.3) is 5.69 Å². The van der Waals surface area contributed by atoms with E-state index in [1.807, 2.05) is 0 Å². The summed E-state index contributed by atoms with van der Waals surface area (Å²) in [5.41, 5.74) is 0.198. The summed E-state index contributed by atoms with van der Waals surface area (Å²) in [7, 11) is 0. The highest BCUT2D eigenvalue weighted by Crippen LogP contribution is 2.14. The van der Waals surface area contributed by atoms with E-state index in [9.17, 15) is 9.18 Å². The molecule has 2 aromatic rings.